The van der Waals surface area contributed by atoms with Crippen molar-refractivity contribution in [2.75, 3.05) is 6.54 Å². The van der Waals surface area contributed by atoms with Crippen LogP contribution in [0, 0.1) is 13.8 Å². The van der Waals surface area contributed by atoms with E-state index in [2.05, 4.69) is 50.4 Å². The highest BCUT2D eigenvalue weighted by molar-refractivity contribution is 5.94. The highest BCUT2D eigenvalue weighted by Crippen LogP contribution is 2.36. The molecule has 40 heavy (non-hydrogen) atoms. The minimum atomic E-state index is -4.35. The fraction of sp³-hybridized carbons (Fsp3) is 0.375. The Morgan fingerprint density at radius 3 is 2.00 bits per heavy atom. The monoisotopic (exact) mass is 555 g/mol. The molecule has 1 unspecified atom stereocenters. The molecule has 0 saturated carbocycles. The summed E-state index contributed by atoms with van der Waals surface area (Å²) in [6.07, 6.45) is -6.76. The van der Waals surface area contributed by atoms with Gasteiger partial charge in [-0.15, -0.1) is 0 Å². The van der Waals surface area contributed by atoms with Crippen LogP contribution in [0.2, 0.25) is 0 Å². The number of amides is 1. The third-order valence-corrected chi connectivity index (χ3v) is 6.68. The van der Waals surface area contributed by atoms with Crippen molar-refractivity contribution in [1.82, 2.24) is 5.32 Å². The Bertz CT molecular complexity index is 1300. The molecule has 214 valence electrons. The van der Waals surface area contributed by atoms with E-state index < -0.39 is 30.6 Å². The third-order valence-electron chi connectivity index (χ3n) is 6.68. The molecule has 0 aliphatic heterocycles. The molecule has 3 aromatic carbocycles. The van der Waals surface area contributed by atoms with Crippen LogP contribution >= 0.6 is 0 Å². The van der Waals surface area contributed by atoms with Crippen molar-refractivity contribution < 1.29 is 32.6 Å². The van der Waals surface area contributed by atoms with E-state index >= 15 is 0 Å². The van der Waals surface area contributed by atoms with Gasteiger partial charge in [-0.3, -0.25) is 9.59 Å². The molecule has 3 rings (SSSR count). The normalized spacial score (nSPS) is 12.6. The SMILES string of the molecule is Cc1cc(OC(CCC(F)(F)F)c2ccc(C(=O)NCCC(=O)O)cc2)cc(C)c1-c1ccc(C(C)(C)C)cc1. The van der Waals surface area contributed by atoms with E-state index in [0.717, 1.165) is 22.3 Å². The Hall–Kier alpha value is -3.81. The molecule has 5 nitrogen and oxygen atoms in total. The van der Waals surface area contributed by atoms with Crippen LogP contribution in [0.5, 0.6) is 5.75 Å². The summed E-state index contributed by atoms with van der Waals surface area (Å²) in [5.41, 5.74) is 6.04. The molecule has 2 N–H and O–H groups in total. The number of halogens is 3. The lowest BCUT2D eigenvalue weighted by atomic mass is 9.85. The molecule has 0 saturated heterocycles. The Balaban J connectivity index is 1.84. The number of nitrogens with one attached hydrogen (secondary N) is 1. The van der Waals surface area contributed by atoms with E-state index in [4.69, 9.17) is 9.84 Å². The summed E-state index contributed by atoms with van der Waals surface area (Å²) in [6.45, 7) is 10.4. The van der Waals surface area contributed by atoms with Gasteiger partial charge in [-0.25, -0.2) is 0 Å². The number of carbonyl (C=O) groups is 2. The number of hydrogen-bond donors (Lipinski definition) is 2. The molecule has 0 spiro atoms. The van der Waals surface area contributed by atoms with Gasteiger partial charge in [-0.2, -0.15) is 13.2 Å². The summed E-state index contributed by atoms with van der Waals surface area (Å²) < 4.78 is 45.5. The molecule has 0 radical (unpaired) electrons. The number of ether oxygens (including phenoxy) is 1. The zero-order valence-electron chi connectivity index (χ0n) is 23.5. The number of aryl methyl sites for hydroxylation is 2. The van der Waals surface area contributed by atoms with Crippen molar-refractivity contribution in [2.24, 2.45) is 0 Å². The number of rotatable bonds is 10. The topological polar surface area (TPSA) is 75.6 Å². The van der Waals surface area contributed by atoms with Gasteiger partial charge in [0.05, 0.1) is 6.42 Å². The molecule has 0 heterocycles. The number of hydrogen-bond acceptors (Lipinski definition) is 3. The molecule has 0 aromatic heterocycles. The van der Waals surface area contributed by atoms with Gasteiger partial charge in [0.2, 0.25) is 0 Å². The first kappa shape index (κ1) is 30.7. The second-order valence-corrected chi connectivity index (χ2v) is 11.0. The highest BCUT2D eigenvalue weighted by atomic mass is 19.4. The maximum Gasteiger partial charge on any atom is 0.389 e. The van der Waals surface area contributed by atoms with Gasteiger partial charge in [-0.05, 0) is 83.3 Å². The average Bonchev–Trinajstić information content (AvgIpc) is 2.85. The van der Waals surface area contributed by atoms with Crippen LogP contribution in [0.25, 0.3) is 11.1 Å². The maximum atomic E-state index is 13.1. The van der Waals surface area contributed by atoms with Crippen molar-refractivity contribution in [1.29, 1.82) is 0 Å². The fourth-order valence-corrected chi connectivity index (χ4v) is 4.57. The van der Waals surface area contributed by atoms with Gasteiger partial charge >= 0.3 is 12.1 Å². The third kappa shape index (κ3) is 8.60. The van der Waals surface area contributed by atoms with E-state index in [0.29, 0.717) is 11.3 Å². The average molecular weight is 556 g/mol. The van der Waals surface area contributed by atoms with Crippen LogP contribution in [0.3, 0.4) is 0 Å². The molecule has 0 fully saturated rings. The largest absolute Gasteiger partial charge is 0.486 e. The number of carbonyl (C=O) groups excluding carboxylic acids is 1. The highest BCUT2D eigenvalue weighted by Gasteiger charge is 2.30. The van der Waals surface area contributed by atoms with Crippen molar-refractivity contribution in [3.05, 3.63) is 88.5 Å². The zero-order valence-corrected chi connectivity index (χ0v) is 23.5. The first-order valence-electron chi connectivity index (χ1n) is 13.2. The Kier molecular flexibility index (Phi) is 9.66. The predicted molar refractivity (Wildman–Crippen MR) is 150 cm³/mol. The second-order valence-electron chi connectivity index (χ2n) is 11.0. The molecular weight excluding hydrogens is 519 g/mol. The van der Waals surface area contributed by atoms with Gasteiger partial charge in [-0.1, -0.05) is 57.2 Å². The number of carboxylic acids is 1. The van der Waals surface area contributed by atoms with Crippen LogP contribution in [-0.2, 0) is 10.2 Å². The van der Waals surface area contributed by atoms with Crippen LogP contribution < -0.4 is 10.1 Å². The lowest BCUT2D eigenvalue weighted by Gasteiger charge is -2.23. The van der Waals surface area contributed by atoms with Crippen LogP contribution in [0.15, 0.2) is 60.7 Å². The summed E-state index contributed by atoms with van der Waals surface area (Å²) in [6, 6.07) is 18.2. The quantitative estimate of drug-likeness (QED) is 0.266. The smallest absolute Gasteiger partial charge is 0.389 e. The van der Waals surface area contributed by atoms with Crippen LogP contribution in [0.4, 0.5) is 13.2 Å². The molecular formula is C32H36F3NO4. The van der Waals surface area contributed by atoms with Gasteiger partial charge in [0.25, 0.3) is 5.91 Å². The summed E-state index contributed by atoms with van der Waals surface area (Å²) in [4.78, 5) is 22.9. The predicted octanol–water partition coefficient (Wildman–Crippen LogP) is 7.94. The number of aliphatic carboxylic acids is 1. The molecule has 0 aliphatic rings. The molecule has 1 amide bonds. The molecule has 0 aliphatic carbocycles. The van der Waals surface area contributed by atoms with Gasteiger partial charge < -0.3 is 15.2 Å². The van der Waals surface area contributed by atoms with Crippen molar-refractivity contribution >= 4 is 11.9 Å². The summed E-state index contributed by atoms with van der Waals surface area (Å²) in [7, 11) is 0. The summed E-state index contributed by atoms with van der Waals surface area (Å²) in [5, 5.41) is 11.2. The van der Waals surface area contributed by atoms with Gasteiger partial charge in [0, 0.05) is 18.5 Å². The first-order chi connectivity index (χ1) is 18.6. The van der Waals surface area contributed by atoms with Gasteiger partial charge in [0.15, 0.2) is 0 Å². The minimum absolute atomic E-state index is 0.0251. The van der Waals surface area contributed by atoms with Gasteiger partial charge in [0.1, 0.15) is 11.9 Å². The van der Waals surface area contributed by atoms with E-state index in [9.17, 15) is 22.8 Å². The lowest BCUT2D eigenvalue weighted by molar-refractivity contribution is -0.139. The number of carboxylic acid groups (broad SMARTS) is 1. The first-order valence-corrected chi connectivity index (χ1v) is 13.2. The fourth-order valence-electron chi connectivity index (χ4n) is 4.57. The molecule has 3 aromatic rings. The van der Waals surface area contributed by atoms with Crippen molar-refractivity contribution in [3.8, 4) is 16.9 Å². The summed E-state index contributed by atoms with van der Waals surface area (Å²) in [5.74, 6) is -1.03. The van der Waals surface area contributed by atoms with E-state index in [1.54, 1.807) is 12.1 Å². The molecule has 1 atom stereocenters. The molecule has 8 heteroatoms. The maximum absolute atomic E-state index is 13.1. The standard InChI is InChI=1S/C32H36F3NO4/c1-20-18-26(19-21(2)29(20)23-10-12-25(13-11-23)31(3,4)5)40-27(14-16-32(33,34)35)22-6-8-24(9-7-22)30(39)36-17-15-28(37)38/h6-13,18-19,27H,14-17H2,1-5H3,(H,36,39)(H,37,38). The van der Waals surface area contributed by atoms with Crippen molar-refractivity contribution in [3.63, 3.8) is 0 Å². The molecule has 0 bridgehead atoms. The van der Waals surface area contributed by atoms with Crippen molar-refractivity contribution in [2.45, 2.75) is 71.6 Å². The number of alkyl halides is 3. The van der Waals surface area contributed by atoms with Crippen LogP contribution in [-0.4, -0.2) is 29.7 Å². The zero-order chi connectivity index (χ0) is 29.7. The lowest BCUT2D eigenvalue weighted by Crippen LogP contribution is -2.26. The Morgan fingerprint density at radius 2 is 1.50 bits per heavy atom. The Labute approximate surface area is 233 Å². The van der Waals surface area contributed by atoms with Crippen LogP contribution in [0.1, 0.15) is 78.7 Å². The van der Waals surface area contributed by atoms with E-state index in [1.807, 2.05) is 26.0 Å². The Morgan fingerprint density at radius 1 is 0.925 bits per heavy atom. The second kappa shape index (κ2) is 12.6. The summed E-state index contributed by atoms with van der Waals surface area (Å²) >= 11 is 0. The minimum Gasteiger partial charge on any atom is -0.486 e. The van der Waals surface area contributed by atoms with E-state index in [-0.39, 0.29) is 30.4 Å². The van der Waals surface area contributed by atoms with E-state index in [1.165, 1.54) is 17.7 Å². The number of benzene rings is 3.